The Morgan fingerprint density at radius 3 is 2.75 bits per heavy atom. The van der Waals surface area contributed by atoms with Gasteiger partial charge in [0.15, 0.2) is 0 Å². The summed E-state index contributed by atoms with van der Waals surface area (Å²) in [5.74, 6) is -0.998. The van der Waals surface area contributed by atoms with Gasteiger partial charge in [-0.25, -0.2) is 4.79 Å². The first-order valence-electron chi connectivity index (χ1n) is 1.63. The van der Waals surface area contributed by atoms with Gasteiger partial charge in [-0.15, -0.1) is 0 Å². The molecular formula is C3H2N2O3. The van der Waals surface area contributed by atoms with Crippen LogP contribution in [0.15, 0.2) is 0 Å². The summed E-state index contributed by atoms with van der Waals surface area (Å²) in [7, 11) is 0. The highest BCUT2D eigenvalue weighted by atomic mass is 16.6. The smallest absolute Gasteiger partial charge is 0.387 e. The van der Waals surface area contributed by atoms with Crippen LogP contribution in [0.3, 0.4) is 0 Å². The molecule has 0 fully saturated rings. The van der Waals surface area contributed by atoms with E-state index in [2.05, 4.69) is 9.53 Å². The number of hydrogen-bond acceptors (Lipinski definition) is 3. The second-order valence-corrected chi connectivity index (χ2v) is 0.778. The SMILES string of the molecule is [N-]=[N+]=CC(=O)OC=O. The van der Waals surface area contributed by atoms with E-state index in [0.29, 0.717) is 6.21 Å². The monoisotopic (exact) mass is 114 g/mol. The minimum atomic E-state index is -0.998. The Hall–Kier alpha value is -1.48. The molecule has 0 spiro atoms. The summed E-state index contributed by atoms with van der Waals surface area (Å²) in [4.78, 5) is 21.5. The van der Waals surface area contributed by atoms with Crippen LogP contribution < -0.4 is 0 Å². The zero-order valence-electron chi connectivity index (χ0n) is 3.77. The van der Waals surface area contributed by atoms with E-state index in [9.17, 15) is 9.59 Å². The number of nitrogens with zero attached hydrogens (tertiary/aromatic N) is 2. The fourth-order valence-electron chi connectivity index (χ4n) is 0.125. The number of rotatable bonds is 2. The van der Waals surface area contributed by atoms with Gasteiger partial charge in [0, 0.05) is 0 Å². The number of carbonyl (C=O) groups excluding carboxylic acids is 2. The summed E-state index contributed by atoms with van der Waals surface area (Å²) >= 11 is 0. The zero-order chi connectivity index (χ0) is 6.41. The van der Waals surface area contributed by atoms with Crippen LogP contribution in [-0.4, -0.2) is 23.4 Å². The number of ether oxygens (including phenoxy) is 1. The highest BCUT2D eigenvalue weighted by Crippen LogP contribution is 1.61. The van der Waals surface area contributed by atoms with Crippen LogP contribution in [0.1, 0.15) is 0 Å². The molecule has 42 valence electrons. The molecule has 5 nitrogen and oxygen atoms in total. The van der Waals surface area contributed by atoms with Crippen molar-refractivity contribution in [3.8, 4) is 0 Å². The Labute approximate surface area is 44.5 Å². The molecule has 0 atom stereocenters. The van der Waals surface area contributed by atoms with Gasteiger partial charge in [-0.05, 0) is 0 Å². The molecule has 0 aliphatic carbocycles. The lowest BCUT2D eigenvalue weighted by Crippen LogP contribution is -2.03. The Morgan fingerprint density at radius 1 is 1.75 bits per heavy atom. The van der Waals surface area contributed by atoms with Crippen molar-refractivity contribution >= 4 is 18.7 Å². The third-order valence-electron chi connectivity index (χ3n) is 0.327. The van der Waals surface area contributed by atoms with E-state index in [1.165, 1.54) is 0 Å². The van der Waals surface area contributed by atoms with Crippen LogP contribution in [0.4, 0.5) is 0 Å². The Morgan fingerprint density at radius 2 is 2.38 bits per heavy atom. The van der Waals surface area contributed by atoms with Crippen LogP contribution in [0, 0.1) is 0 Å². The van der Waals surface area contributed by atoms with Crippen molar-refractivity contribution in [3.63, 3.8) is 0 Å². The van der Waals surface area contributed by atoms with Gasteiger partial charge in [-0.2, -0.15) is 4.79 Å². The number of hydrogen-bond donors (Lipinski definition) is 0. The van der Waals surface area contributed by atoms with Crippen molar-refractivity contribution in [3.05, 3.63) is 5.53 Å². The van der Waals surface area contributed by atoms with E-state index in [1.807, 2.05) is 0 Å². The Balaban J connectivity index is 3.65. The lowest BCUT2D eigenvalue weighted by Gasteiger charge is -1.76. The summed E-state index contributed by atoms with van der Waals surface area (Å²) < 4.78 is 3.65. The normalized spacial score (nSPS) is 6.50. The standard InChI is InChI=1S/C3H2N2O3/c4-5-1-3(7)8-2-6/h1-2H. The minimum absolute atomic E-state index is 0.0516. The molecule has 0 saturated heterocycles. The lowest BCUT2D eigenvalue weighted by atomic mass is 10.8. The van der Waals surface area contributed by atoms with Crippen molar-refractivity contribution in [1.82, 2.24) is 0 Å². The van der Waals surface area contributed by atoms with E-state index in [4.69, 9.17) is 5.53 Å². The van der Waals surface area contributed by atoms with Gasteiger partial charge in [0.2, 0.25) is 0 Å². The molecule has 0 radical (unpaired) electrons. The molecule has 0 aromatic heterocycles. The van der Waals surface area contributed by atoms with Crippen molar-refractivity contribution in [2.75, 3.05) is 0 Å². The van der Waals surface area contributed by atoms with Gasteiger partial charge in [0.1, 0.15) is 0 Å². The van der Waals surface area contributed by atoms with Gasteiger partial charge in [0.05, 0.1) is 0 Å². The third-order valence-corrected chi connectivity index (χ3v) is 0.327. The molecule has 0 aliphatic heterocycles. The van der Waals surface area contributed by atoms with Crippen LogP contribution in [-0.2, 0) is 14.3 Å². The second kappa shape index (κ2) is 3.70. The molecule has 0 aromatic rings. The molecule has 0 bridgehead atoms. The van der Waals surface area contributed by atoms with Gasteiger partial charge >= 0.3 is 18.7 Å². The quantitative estimate of drug-likeness (QED) is 0.115. The molecule has 0 saturated carbocycles. The highest BCUT2D eigenvalue weighted by Gasteiger charge is 1.98. The van der Waals surface area contributed by atoms with Gasteiger partial charge < -0.3 is 10.3 Å². The molecule has 0 unspecified atom stereocenters. The molecule has 0 heterocycles. The first-order chi connectivity index (χ1) is 3.81. The fourth-order valence-corrected chi connectivity index (χ4v) is 0.125. The van der Waals surface area contributed by atoms with Crippen LogP contribution >= 0.6 is 0 Å². The summed E-state index contributed by atoms with van der Waals surface area (Å²) in [5.41, 5.74) is 7.62. The van der Waals surface area contributed by atoms with Crippen molar-refractivity contribution in [2.45, 2.75) is 0 Å². The minimum Gasteiger partial charge on any atom is -0.387 e. The molecule has 5 heteroatoms. The summed E-state index contributed by atoms with van der Waals surface area (Å²) in [6.07, 6.45) is 0.467. The Kier molecular flexibility index (Phi) is 3.02. The van der Waals surface area contributed by atoms with Gasteiger partial charge in [-0.3, -0.25) is 4.79 Å². The largest absolute Gasteiger partial charge is 0.421 e. The molecule has 0 rings (SSSR count). The van der Waals surface area contributed by atoms with Gasteiger partial charge in [-0.1, -0.05) is 0 Å². The predicted octanol–water partition coefficient (Wildman–Crippen LogP) is -1.01. The average Bonchev–Trinajstić information content (AvgIpc) is 1.68. The first kappa shape index (κ1) is 6.52. The molecular weight excluding hydrogens is 112 g/mol. The lowest BCUT2D eigenvalue weighted by molar-refractivity contribution is -0.147. The molecule has 0 aromatic carbocycles. The number of carbonyl (C=O) groups is 2. The van der Waals surface area contributed by atoms with Crippen LogP contribution in [0.5, 0.6) is 0 Å². The molecule has 0 N–H and O–H groups in total. The van der Waals surface area contributed by atoms with E-state index in [1.54, 1.807) is 0 Å². The maximum atomic E-state index is 9.88. The first-order valence-corrected chi connectivity index (χ1v) is 1.63. The topological polar surface area (TPSA) is 79.8 Å². The van der Waals surface area contributed by atoms with Crippen LogP contribution in [0.25, 0.3) is 5.53 Å². The zero-order valence-corrected chi connectivity index (χ0v) is 3.77. The van der Waals surface area contributed by atoms with E-state index < -0.39 is 5.97 Å². The Bertz CT molecular complexity index is 147. The predicted molar refractivity (Wildman–Crippen MR) is 21.8 cm³/mol. The highest BCUT2D eigenvalue weighted by molar-refractivity contribution is 6.22. The van der Waals surface area contributed by atoms with Crippen LogP contribution in [0.2, 0.25) is 0 Å². The van der Waals surface area contributed by atoms with E-state index in [0.717, 1.165) is 0 Å². The fraction of sp³-hybridized carbons (Fsp3) is 0. The summed E-state index contributed by atoms with van der Waals surface area (Å²) in [6.45, 7) is -0.0516. The second-order valence-electron chi connectivity index (χ2n) is 0.778. The maximum absolute atomic E-state index is 9.88. The van der Waals surface area contributed by atoms with Crippen molar-refractivity contribution < 1.29 is 19.1 Å². The summed E-state index contributed by atoms with van der Waals surface area (Å²) in [6, 6.07) is 0. The van der Waals surface area contributed by atoms with E-state index >= 15 is 0 Å². The van der Waals surface area contributed by atoms with E-state index in [-0.39, 0.29) is 6.47 Å². The molecule has 0 aliphatic rings. The number of esters is 1. The third kappa shape index (κ3) is 2.74. The molecule has 8 heavy (non-hydrogen) atoms. The van der Waals surface area contributed by atoms with Crippen molar-refractivity contribution in [2.24, 2.45) is 0 Å². The average molecular weight is 114 g/mol. The van der Waals surface area contributed by atoms with Crippen molar-refractivity contribution in [1.29, 1.82) is 0 Å². The van der Waals surface area contributed by atoms with Gasteiger partial charge in [0.25, 0.3) is 0 Å². The maximum Gasteiger partial charge on any atom is 0.421 e. The summed E-state index contributed by atoms with van der Waals surface area (Å²) in [5, 5.41) is 0. The molecule has 0 amide bonds.